The van der Waals surface area contributed by atoms with Crippen molar-refractivity contribution < 1.29 is 23.9 Å². The highest BCUT2D eigenvalue weighted by atomic mass is 16.6. The first-order valence-electron chi connectivity index (χ1n) is 10.4. The maximum atomic E-state index is 13.0. The third-order valence-corrected chi connectivity index (χ3v) is 5.59. The van der Waals surface area contributed by atoms with E-state index in [1.807, 2.05) is 19.1 Å². The molecule has 0 spiro atoms. The van der Waals surface area contributed by atoms with Gasteiger partial charge in [-0.2, -0.15) is 5.11 Å². The lowest BCUT2D eigenvalue weighted by Crippen LogP contribution is -2.43. The van der Waals surface area contributed by atoms with E-state index in [1.165, 1.54) is 5.01 Å². The molecule has 10 heteroatoms. The summed E-state index contributed by atoms with van der Waals surface area (Å²) < 4.78 is 11.0. The number of hydrogen-bond donors (Lipinski definition) is 1. The Hall–Kier alpha value is -3.95. The first-order chi connectivity index (χ1) is 15.5. The fourth-order valence-corrected chi connectivity index (χ4v) is 3.96. The van der Waals surface area contributed by atoms with Crippen molar-refractivity contribution in [1.29, 1.82) is 0 Å². The Kier molecular flexibility index (Phi) is 4.96. The molecule has 3 heterocycles. The molecule has 0 aromatic heterocycles. The SMILES string of the molecule is CCc1ccc(N2C(=O)C3N=NN(CC(=O)Nc4ccc5c(c4)OCCO5)C3C2=O)cc1. The lowest BCUT2D eigenvalue weighted by Gasteiger charge is -2.21. The van der Waals surface area contributed by atoms with Crippen molar-refractivity contribution >= 4 is 29.1 Å². The second-order valence-corrected chi connectivity index (χ2v) is 7.63. The fraction of sp³-hybridized carbons (Fsp3) is 0.318. The second-order valence-electron chi connectivity index (χ2n) is 7.63. The molecule has 10 nitrogen and oxygen atoms in total. The summed E-state index contributed by atoms with van der Waals surface area (Å²) >= 11 is 0. The van der Waals surface area contributed by atoms with Crippen LogP contribution in [0.15, 0.2) is 52.8 Å². The average Bonchev–Trinajstić information content (AvgIpc) is 3.33. The van der Waals surface area contributed by atoms with Gasteiger partial charge in [-0.15, -0.1) is 0 Å². The largest absolute Gasteiger partial charge is 0.486 e. The molecule has 2 aromatic rings. The van der Waals surface area contributed by atoms with Gasteiger partial charge in [0.05, 0.1) is 5.69 Å². The number of anilines is 2. The number of nitrogens with one attached hydrogen (secondary N) is 1. The quantitative estimate of drug-likeness (QED) is 0.719. The van der Waals surface area contributed by atoms with E-state index in [-0.39, 0.29) is 6.54 Å². The van der Waals surface area contributed by atoms with Crippen LogP contribution in [0.4, 0.5) is 11.4 Å². The van der Waals surface area contributed by atoms with E-state index in [4.69, 9.17) is 9.47 Å². The monoisotopic (exact) mass is 435 g/mol. The van der Waals surface area contributed by atoms with Gasteiger partial charge >= 0.3 is 0 Å². The number of fused-ring (bicyclic) bond motifs is 2. The van der Waals surface area contributed by atoms with Crippen LogP contribution in [0.1, 0.15) is 12.5 Å². The molecule has 5 rings (SSSR count). The Labute approximate surface area is 183 Å². The zero-order valence-electron chi connectivity index (χ0n) is 17.4. The fourth-order valence-electron chi connectivity index (χ4n) is 3.96. The highest BCUT2D eigenvalue weighted by Crippen LogP contribution is 2.34. The molecule has 3 aliphatic rings. The Morgan fingerprint density at radius 3 is 2.56 bits per heavy atom. The summed E-state index contributed by atoms with van der Waals surface area (Å²) in [6.07, 6.45) is 0.855. The van der Waals surface area contributed by atoms with E-state index in [0.29, 0.717) is 36.1 Å². The molecular weight excluding hydrogens is 414 g/mol. The third kappa shape index (κ3) is 3.43. The van der Waals surface area contributed by atoms with Crippen molar-refractivity contribution in [3.05, 3.63) is 48.0 Å². The highest BCUT2D eigenvalue weighted by Gasteiger charge is 2.55. The topological polar surface area (TPSA) is 113 Å². The smallest absolute Gasteiger partial charge is 0.263 e. The Bertz CT molecular complexity index is 1120. The molecule has 2 atom stereocenters. The van der Waals surface area contributed by atoms with E-state index in [1.54, 1.807) is 30.3 Å². The molecule has 2 unspecified atom stereocenters. The number of imide groups is 1. The summed E-state index contributed by atoms with van der Waals surface area (Å²) in [5.41, 5.74) is 2.12. The van der Waals surface area contributed by atoms with Crippen molar-refractivity contribution in [2.24, 2.45) is 10.3 Å². The number of amides is 3. The Morgan fingerprint density at radius 2 is 1.81 bits per heavy atom. The van der Waals surface area contributed by atoms with Gasteiger partial charge in [-0.05, 0) is 36.2 Å². The molecule has 1 saturated heterocycles. The number of carbonyl (C=O) groups is 3. The summed E-state index contributed by atoms with van der Waals surface area (Å²) in [5, 5.41) is 11.9. The molecule has 0 bridgehead atoms. The van der Waals surface area contributed by atoms with Crippen LogP contribution in [0.2, 0.25) is 0 Å². The molecule has 0 saturated carbocycles. The number of rotatable bonds is 5. The van der Waals surface area contributed by atoms with Gasteiger partial charge in [-0.25, -0.2) is 4.90 Å². The number of benzene rings is 2. The zero-order valence-corrected chi connectivity index (χ0v) is 17.4. The standard InChI is InChI=1S/C22H21N5O5/c1-2-13-3-6-15(7-4-13)27-21(29)19-20(22(27)30)26(25-24-19)12-18(28)23-14-5-8-16-17(11-14)32-10-9-31-16/h3-8,11,19-20H,2,9-10,12H2,1H3,(H,23,28). The van der Waals surface area contributed by atoms with Gasteiger partial charge < -0.3 is 14.8 Å². The zero-order chi connectivity index (χ0) is 22.2. The van der Waals surface area contributed by atoms with Crippen LogP contribution >= 0.6 is 0 Å². The van der Waals surface area contributed by atoms with E-state index in [9.17, 15) is 14.4 Å². The van der Waals surface area contributed by atoms with Crippen molar-refractivity contribution in [2.45, 2.75) is 25.4 Å². The van der Waals surface area contributed by atoms with E-state index < -0.39 is 29.8 Å². The van der Waals surface area contributed by atoms with Crippen LogP contribution in [-0.4, -0.2) is 54.6 Å². The molecule has 3 aliphatic heterocycles. The van der Waals surface area contributed by atoms with Crippen molar-refractivity contribution in [3.8, 4) is 11.5 Å². The van der Waals surface area contributed by atoms with E-state index in [2.05, 4.69) is 15.7 Å². The Morgan fingerprint density at radius 1 is 1.06 bits per heavy atom. The number of hydrogen-bond acceptors (Lipinski definition) is 8. The van der Waals surface area contributed by atoms with Crippen LogP contribution in [0.3, 0.4) is 0 Å². The number of nitrogens with zero attached hydrogens (tertiary/aromatic N) is 4. The van der Waals surface area contributed by atoms with Gasteiger partial charge in [-0.1, -0.05) is 24.3 Å². The minimum absolute atomic E-state index is 0.221. The summed E-state index contributed by atoms with van der Waals surface area (Å²) in [4.78, 5) is 39.6. The molecule has 3 amide bonds. The second kappa shape index (κ2) is 7.95. The molecule has 32 heavy (non-hydrogen) atoms. The van der Waals surface area contributed by atoms with Crippen LogP contribution in [0, 0.1) is 0 Å². The lowest BCUT2D eigenvalue weighted by atomic mass is 10.1. The normalized spacial score (nSPS) is 21.2. The predicted molar refractivity (Wildman–Crippen MR) is 114 cm³/mol. The molecular formula is C22H21N5O5. The summed E-state index contributed by atoms with van der Waals surface area (Å²) in [5.74, 6) is -0.111. The van der Waals surface area contributed by atoms with Crippen LogP contribution in [-0.2, 0) is 20.8 Å². The summed E-state index contributed by atoms with van der Waals surface area (Å²) in [7, 11) is 0. The molecule has 1 N–H and O–H groups in total. The van der Waals surface area contributed by atoms with Gasteiger partial charge in [0.2, 0.25) is 5.91 Å². The summed E-state index contributed by atoms with van der Waals surface area (Å²) in [6, 6.07) is 10.5. The average molecular weight is 435 g/mol. The number of carbonyl (C=O) groups excluding carboxylic acids is 3. The van der Waals surface area contributed by atoms with Gasteiger partial charge in [0, 0.05) is 11.8 Å². The third-order valence-electron chi connectivity index (χ3n) is 5.59. The van der Waals surface area contributed by atoms with Crippen molar-refractivity contribution in [1.82, 2.24) is 5.01 Å². The van der Waals surface area contributed by atoms with Gasteiger partial charge in [0.15, 0.2) is 23.6 Å². The molecule has 0 radical (unpaired) electrons. The first kappa shape index (κ1) is 20.0. The predicted octanol–water partition coefficient (Wildman–Crippen LogP) is 1.95. The van der Waals surface area contributed by atoms with Gasteiger partial charge in [0.25, 0.3) is 11.8 Å². The highest BCUT2D eigenvalue weighted by molar-refractivity contribution is 6.25. The van der Waals surface area contributed by atoms with Gasteiger partial charge in [-0.3, -0.25) is 19.4 Å². The molecule has 164 valence electrons. The molecule has 2 aromatic carbocycles. The summed E-state index contributed by atoms with van der Waals surface area (Å²) in [6.45, 7) is 2.73. The maximum absolute atomic E-state index is 13.0. The number of aryl methyl sites for hydroxylation is 1. The van der Waals surface area contributed by atoms with Crippen LogP contribution in [0.5, 0.6) is 11.5 Å². The van der Waals surface area contributed by atoms with E-state index >= 15 is 0 Å². The van der Waals surface area contributed by atoms with E-state index in [0.717, 1.165) is 16.9 Å². The Balaban J connectivity index is 1.27. The van der Waals surface area contributed by atoms with Crippen LogP contribution in [0.25, 0.3) is 0 Å². The maximum Gasteiger partial charge on any atom is 0.263 e. The van der Waals surface area contributed by atoms with Crippen LogP contribution < -0.4 is 19.7 Å². The first-order valence-corrected chi connectivity index (χ1v) is 10.4. The van der Waals surface area contributed by atoms with Gasteiger partial charge in [0.1, 0.15) is 19.8 Å². The minimum atomic E-state index is -0.949. The number of ether oxygens (including phenoxy) is 2. The minimum Gasteiger partial charge on any atom is -0.486 e. The lowest BCUT2D eigenvalue weighted by molar-refractivity contribution is -0.123. The molecule has 1 fully saturated rings. The molecule has 0 aliphatic carbocycles. The van der Waals surface area contributed by atoms with Crippen molar-refractivity contribution in [2.75, 3.05) is 30.0 Å². The van der Waals surface area contributed by atoms with Crippen molar-refractivity contribution in [3.63, 3.8) is 0 Å².